The molecule has 0 aromatic rings. The van der Waals surface area contributed by atoms with Crippen LogP contribution >= 0.6 is 0 Å². The lowest BCUT2D eigenvalue weighted by molar-refractivity contribution is -0.398. The molecule has 10 fully saturated rings. The summed E-state index contributed by atoms with van der Waals surface area (Å²) in [5.41, 5.74) is 0. The fourth-order valence-corrected chi connectivity index (χ4v) is 16.7. The predicted molar refractivity (Wildman–Crippen MR) is 403 cm³/mol. The van der Waals surface area contributed by atoms with Crippen LogP contribution in [0, 0.1) is 0 Å². The van der Waals surface area contributed by atoms with Gasteiger partial charge in [-0.25, -0.2) is 4.79 Å². The average Bonchev–Trinajstić information content (AvgIpc) is 0.768. The third-order valence-corrected chi connectivity index (χ3v) is 23.8. The molecule has 10 rings (SSSR count). The van der Waals surface area contributed by atoms with Crippen LogP contribution in [0.2, 0.25) is 0 Å². The summed E-state index contributed by atoms with van der Waals surface area (Å²) in [7, 11) is 0. The lowest BCUT2D eigenvalue weighted by Crippen LogP contribution is -2.71. The summed E-state index contributed by atoms with van der Waals surface area (Å²) in [6.45, 7) is -4.54. The number of carboxylic acid groups (broad SMARTS) is 1. The number of amides is 5. The molecule has 0 unspecified atom stereocenters. The average molecular weight is 1920 g/mol. The number of ether oxygens (including phenoxy) is 19. The molecule has 10 aliphatic heterocycles. The molecule has 0 aliphatic carbocycles. The minimum atomic E-state index is -3.12. The van der Waals surface area contributed by atoms with Gasteiger partial charge in [-0.05, 0) is 6.92 Å². The molecule has 5 amide bonds. The molecule has 0 bridgehead atoms. The molecule has 10 aliphatic rings. The zero-order valence-corrected chi connectivity index (χ0v) is 70.7. The highest BCUT2D eigenvalue weighted by Crippen LogP contribution is 2.42. The van der Waals surface area contributed by atoms with Crippen LogP contribution in [0.4, 0.5) is 0 Å². The van der Waals surface area contributed by atoms with Gasteiger partial charge in [0, 0.05) is 41.0 Å². The molecule has 58 nitrogen and oxygen atoms in total. The second-order valence-electron chi connectivity index (χ2n) is 33.2. The molecule has 756 valence electrons. The Labute approximate surface area is 741 Å². The van der Waals surface area contributed by atoms with E-state index in [0.717, 1.165) is 34.6 Å². The molecule has 0 aromatic carbocycles. The van der Waals surface area contributed by atoms with E-state index in [0.29, 0.717) is 0 Å². The van der Waals surface area contributed by atoms with Gasteiger partial charge in [-0.15, -0.1) is 0 Å². The number of hydrogen-bond donors (Lipinski definition) is 33. The maximum Gasteiger partial charge on any atom is 0.364 e. The molecule has 0 spiro atoms. The number of nitrogens with one attached hydrogen (secondary N) is 5. The van der Waals surface area contributed by atoms with Crippen molar-refractivity contribution < 1.29 is 262 Å². The largest absolute Gasteiger partial charge is 0.477 e. The second kappa shape index (κ2) is 46.6. The Kier molecular flexibility index (Phi) is 38.4. The first-order valence-corrected chi connectivity index (χ1v) is 41.6. The van der Waals surface area contributed by atoms with E-state index in [4.69, 9.17) is 90.0 Å². The van der Waals surface area contributed by atoms with E-state index >= 15 is 0 Å². The summed E-state index contributed by atoms with van der Waals surface area (Å²) in [5.74, 6) is -9.95. The topological polar surface area (TPSA) is 904 Å². The van der Waals surface area contributed by atoms with E-state index in [2.05, 4.69) is 26.6 Å². The quantitative estimate of drug-likeness (QED) is 0.0280. The van der Waals surface area contributed by atoms with Crippen molar-refractivity contribution in [1.82, 2.24) is 26.6 Å². The summed E-state index contributed by atoms with van der Waals surface area (Å²) < 4.78 is 113. The lowest BCUT2D eigenvalue weighted by Gasteiger charge is -2.51. The van der Waals surface area contributed by atoms with E-state index in [-0.39, 0.29) is 0 Å². The van der Waals surface area contributed by atoms with Crippen LogP contribution < -0.4 is 26.6 Å². The number of aliphatic hydroxyl groups is 27. The summed E-state index contributed by atoms with van der Waals surface area (Å²) in [6, 6.07) is -9.68. The van der Waals surface area contributed by atoms with Gasteiger partial charge in [0.05, 0.1) is 71.7 Å². The number of aliphatic carboxylic acids is 1. The van der Waals surface area contributed by atoms with E-state index in [1.54, 1.807) is 0 Å². The van der Waals surface area contributed by atoms with Crippen LogP contribution in [0.15, 0.2) is 0 Å². The molecule has 0 radical (unpaired) electrons. The first-order chi connectivity index (χ1) is 61.7. The van der Waals surface area contributed by atoms with Gasteiger partial charge < -0.3 is 260 Å². The number of aliphatic hydroxyl groups excluding tert-OH is 27. The first kappa shape index (κ1) is 108. The standard InChI is InChI=1S/C73H121N5O53/c1-17-38(92)51(105)54(108)68(116-17)113-15-32-58(48(102)33(63(110)117-32)74-18(2)85)126-66-36(77-21(5)88)50(104)57(29(13-84)121-66)127-69-55(109)59(45(99)30(124-69)14-114-70-61(52(106)42(96)26(10-81)119-70)129-64-34(75-19(3)86)46(100)41(95)25(9-80)118-64)128-71-62(53(107)43(97)27(11-82)120-71)130-67-37(78-22(6)89)49(103)56(28(12-83)122-67)125-65-35(76-20(4)87)47(101)44(98)31(123-65)16-115-73(72(111)112)7-23(90)39(93)60(131-73)40(94)24(91)8-79/h17,23-71,79-84,90-110H,7-16H2,1-6H3,(H,74,85)(H,75,86)(H,76,87)(H,77,88)(H,78,89)(H,111,112)/t17-,23-,24+,25+,26+,27+,28+,29+,30+,31+,32+,33+,34+,35+,36+,37+,38+,39+,40+,41+,42+,43+,44-,45+,46+,47+,48+,49+,50+,51+,52-,53-,54-,55-,56+,57+,58+,59-,60+,61-,62-,63+,64-,65-,66-,67-,68+,69-,70-,71+,73+/m0/s1. The molecule has 33 N–H and O–H groups in total. The third kappa shape index (κ3) is 24.3. The third-order valence-electron chi connectivity index (χ3n) is 23.8. The van der Waals surface area contributed by atoms with Gasteiger partial charge >= 0.3 is 5.97 Å². The Morgan fingerprint density at radius 3 is 1.14 bits per heavy atom. The predicted octanol–water partition coefficient (Wildman–Crippen LogP) is -21.9. The molecule has 10 saturated heterocycles. The van der Waals surface area contributed by atoms with Crippen LogP contribution in [0.1, 0.15) is 48.0 Å². The van der Waals surface area contributed by atoms with Crippen molar-refractivity contribution in [3.63, 3.8) is 0 Å². The molecule has 0 saturated carbocycles. The second-order valence-corrected chi connectivity index (χ2v) is 33.2. The minimum absolute atomic E-state index is 0.856. The Bertz CT molecular complexity index is 3670. The van der Waals surface area contributed by atoms with Crippen LogP contribution in [-0.2, 0) is 119 Å². The number of carboxylic acids is 1. The number of rotatable bonds is 35. The maximum atomic E-state index is 13.3. The van der Waals surface area contributed by atoms with Crippen molar-refractivity contribution in [1.29, 1.82) is 0 Å². The summed E-state index contributed by atoms with van der Waals surface area (Å²) >= 11 is 0. The van der Waals surface area contributed by atoms with Crippen molar-refractivity contribution in [3.8, 4) is 0 Å². The first-order valence-electron chi connectivity index (χ1n) is 41.6. The van der Waals surface area contributed by atoms with E-state index in [9.17, 15) is 172 Å². The number of carbonyl (C=O) groups excluding carboxylic acids is 5. The van der Waals surface area contributed by atoms with E-state index in [1.165, 1.54) is 6.92 Å². The van der Waals surface area contributed by atoms with Gasteiger partial charge in [-0.2, -0.15) is 0 Å². The molecule has 58 heteroatoms. The van der Waals surface area contributed by atoms with Gasteiger partial charge in [0.15, 0.2) is 56.6 Å². The van der Waals surface area contributed by atoms with Crippen LogP contribution in [0.25, 0.3) is 0 Å². The van der Waals surface area contributed by atoms with Crippen molar-refractivity contribution in [2.45, 2.75) is 360 Å². The Morgan fingerprint density at radius 2 is 0.679 bits per heavy atom. The highest BCUT2D eigenvalue weighted by atomic mass is 16.8. The molecule has 51 atom stereocenters. The molecular formula is C73H121N5O53. The van der Waals surface area contributed by atoms with Crippen LogP contribution in [-0.4, -0.2) is 550 Å². The van der Waals surface area contributed by atoms with Crippen LogP contribution in [0.5, 0.6) is 0 Å². The van der Waals surface area contributed by atoms with Gasteiger partial charge in [0.1, 0.15) is 238 Å². The Morgan fingerprint density at radius 1 is 0.328 bits per heavy atom. The van der Waals surface area contributed by atoms with Gasteiger partial charge in [-0.3, -0.25) is 24.0 Å². The van der Waals surface area contributed by atoms with E-state index < -0.39 is 414 Å². The SMILES string of the molecule is CC(=O)N[C@@H]1[C@@H](O)[C@H](O[C@@H]2O[C@H](CO)[C@@H](O[C@@H]3O[C@H](CO[C@H]4O[C@H](CO)[C@@H](O)[C@H](O)[C@@H]4O[C@@H]4O[C@H](CO)[C@@H](O)[C@H](O)[C@H]4NC(C)=O)[C@@H](O)[C@H](O[C@H]4O[C@H](CO)[C@@H](O)[C@H](O)[C@@H]4O[C@@H]4O[C@H](CO)[C@@H](O[C@@H]5O[C@H](CO[C@]6(C(=O)O)C[C@H](O)[C@@H](O)[C@H]([C@H](O)[C@H](O)CO)O6)[C@H](O)[C@H](O)[C@H]5NC(C)=O)[C@H](O)[C@H]4NC(C)=O)[C@@H]3O)[C@H](O)[C@H]2NC(C)=O)[C@@H](CO[C@@H]2O[C@@H](C)[C@@H](O)[C@@H](O)[C@@H]2O)O[C@H]1O. The number of hydrogen-bond acceptors (Lipinski definition) is 52. The van der Waals surface area contributed by atoms with Gasteiger partial charge in [-0.1, -0.05) is 0 Å². The van der Waals surface area contributed by atoms with Crippen LogP contribution in [0.3, 0.4) is 0 Å². The van der Waals surface area contributed by atoms with Crippen molar-refractivity contribution in [2.24, 2.45) is 0 Å². The van der Waals surface area contributed by atoms with Crippen molar-refractivity contribution in [2.75, 3.05) is 59.5 Å². The van der Waals surface area contributed by atoms with Crippen molar-refractivity contribution >= 4 is 35.5 Å². The number of carbonyl (C=O) groups is 6. The minimum Gasteiger partial charge on any atom is -0.477 e. The smallest absolute Gasteiger partial charge is 0.364 e. The highest BCUT2D eigenvalue weighted by molar-refractivity contribution is 5.76. The Hall–Kier alpha value is -5.02. The van der Waals surface area contributed by atoms with Gasteiger partial charge in [0.25, 0.3) is 5.79 Å². The molecule has 131 heavy (non-hydrogen) atoms. The molecular weight excluding hydrogens is 1790 g/mol. The normalized spacial score (nSPS) is 47.5. The lowest BCUT2D eigenvalue weighted by atomic mass is 9.90. The van der Waals surface area contributed by atoms with Gasteiger partial charge in [0.2, 0.25) is 29.5 Å². The van der Waals surface area contributed by atoms with Crippen molar-refractivity contribution in [3.05, 3.63) is 0 Å². The monoisotopic (exact) mass is 1920 g/mol. The summed E-state index contributed by atoms with van der Waals surface area (Å²) in [4.78, 5) is 77.3. The zero-order valence-electron chi connectivity index (χ0n) is 70.7. The summed E-state index contributed by atoms with van der Waals surface area (Å²) in [5, 5.41) is 325. The van der Waals surface area contributed by atoms with E-state index in [1.807, 2.05) is 0 Å². The highest BCUT2D eigenvalue weighted by Gasteiger charge is 2.63. The Balaban J connectivity index is 0.974. The summed E-state index contributed by atoms with van der Waals surface area (Å²) in [6.07, 6.45) is -97.4. The molecule has 0 aromatic heterocycles. The fourth-order valence-electron chi connectivity index (χ4n) is 16.7. The zero-order chi connectivity index (χ0) is 96.9. The fraction of sp³-hybridized carbons (Fsp3) is 0.918. The molecule has 10 heterocycles. The maximum absolute atomic E-state index is 13.3.